The molecule has 3 rings (SSSR count). The summed E-state index contributed by atoms with van der Waals surface area (Å²) in [7, 11) is 0. The quantitative estimate of drug-likeness (QED) is 0.688. The second-order valence-corrected chi connectivity index (χ2v) is 6.30. The van der Waals surface area contributed by atoms with E-state index in [0.717, 1.165) is 4.88 Å². The summed E-state index contributed by atoms with van der Waals surface area (Å²) in [5.41, 5.74) is 3.04. The van der Waals surface area contributed by atoms with Gasteiger partial charge in [-0.25, -0.2) is 5.43 Å². The van der Waals surface area contributed by atoms with Crippen LogP contribution in [0.1, 0.15) is 9.75 Å². The molecule has 1 aliphatic rings. The number of nitrogens with zero attached hydrogens (tertiary/aromatic N) is 2. The van der Waals surface area contributed by atoms with E-state index in [1.807, 2.05) is 25.1 Å². The molecule has 23 heavy (non-hydrogen) atoms. The lowest BCUT2D eigenvalue weighted by Gasteiger charge is -2.28. The van der Waals surface area contributed by atoms with Gasteiger partial charge in [-0.1, -0.05) is 12.1 Å². The average molecular weight is 329 g/mol. The van der Waals surface area contributed by atoms with Gasteiger partial charge in [0.1, 0.15) is 12.3 Å². The van der Waals surface area contributed by atoms with Crippen LogP contribution in [-0.2, 0) is 9.59 Å². The Morgan fingerprint density at radius 3 is 3.00 bits per heavy atom. The standard InChI is InChI=1S/C16H15N3O3S/c1-11-6-7-12(23-11)8-17-18-15(20)9-19-13-4-2-3-5-14(13)22-10-16(19)21/h2-8H,9-10H2,1H3,(H,18,20)/b17-8-. The van der Waals surface area contributed by atoms with E-state index in [-0.39, 0.29) is 25.0 Å². The maximum Gasteiger partial charge on any atom is 0.265 e. The predicted octanol–water partition coefficient (Wildman–Crippen LogP) is 1.93. The van der Waals surface area contributed by atoms with Crippen LogP contribution in [-0.4, -0.2) is 31.2 Å². The van der Waals surface area contributed by atoms with Crippen molar-refractivity contribution >= 4 is 35.1 Å². The molecule has 1 N–H and O–H groups in total. The van der Waals surface area contributed by atoms with Crippen molar-refractivity contribution in [1.29, 1.82) is 0 Å². The van der Waals surface area contributed by atoms with E-state index in [1.165, 1.54) is 9.78 Å². The zero-order valence-corrected chi connectivity index (χ0v) is 13.3. The molecule has 0 saturated carbocycles. The van der Waals surface area contributed by atoms with E-state index in [2.05, 4.69) is 10.5 Å². The summed E-state index contributed by atoms with van der Waals surface area (Å²) in [6.45, 7) is 1.84. The number of carbonyl (C=O) groups excluding carboxylic acids is 2. The van der Waals surface area contributed by atoms with Crippen molar-refractivity contribution in [3.63, 3.8) is 0 Å². The molecular weight excluding hydrogens is 314 g/mol. The fraction of sp³-hybridized carbons (Fsp3) is 0.188. The zero-order valence-electron chi connectivity index (χ0n) is 12.5. The van der Waals surface area contributed by atoms with E-state index >= 15 is 0 Å². The first-order valence-electron chi connectivity index (χ1n) is 7.04. The number of ether oxygens (including phenoxy) is 1. The lowest BCUT2D eigenvalue weighted by molar-refractivity contribution is -0.125. The number of hydrogen-bond donors (Lipinski definition) is 1. The summed E-state index contributed by atoms with van der Waals surface area (Å²) in [4.78, 5) is 27.5. The van der Waals surface area contributed by atoms with Crippen LogP contribution in [0.25, 0.3) is 0 Å². The molecule has 2 heterocycles. The Morgan fingerprint density at radius 1 is 1.39 bits per heavy atom. The summed E-state index contributed by atoms with van der Waals surface area (Å²) >= 11 is 1.58. The molecule has 2 aromatic rings. The Balaban J connectivity index is 1.63. The largest absolute Gasteiger partial charge is 0.482 e. The molecule has 0 unspecified atom stereocenters. The van der Waals surface area contributed by atoms with Crippen molar-refractivity contribution in [2.75, 3.05) is 18.1 Å². The number of amides is 2. The van der Waals surface area contributed by atoms with Gasteiger partial charge in [-0.05, 0) is 31.2 Å². The van der Waals surface area contributed by atoms with Crippen molar-refractivity contribution in [3.05, 3.63) is 46.2 Å². The highest BCUT2D eigenvalue weighted by molar-refractivity contribution is 7.13. The third-order valence-electron chi connectivity index (χ3n) is 3.25. The second-order valence-electron chi connectivity index (χ2n) is 4.98. The first-order valence-corrected chi connectivity index (χ1v) is 7.85. The van der Waals surface area contributed by atoms with Crippen molar-refractivity contribution in [2.24, 2.45) is 5.10 Å². The lowest BCUT2D eigenvalue weighted by atomic mass is 10.2. The number of carbonyl (C=O) groups is 2. The van der Waals surface area contributed by atoms with Crippen LogP contribution in [0, 0.1) is 6.92 Å². The minimum absolute atomic E-state index is 0.0674. The Labute approximate surface area is 137 Å². The highest BCUT2D eigenvalue weighted by atomic mass is 32.1. The summed E-state index contributed by atoms with van der Waals surface area (Å²) in [6, 6.07) is 11.0. The smallest absolute Gasteiger partial charge is 0.265 e. The van der Waals surface area contributed by atoms with Crippen LogP contribution < -0.4 is 15.1 Å². The summed E-state index contributed by atoms with van der Waals surface area (Å²) in [5.74, 6) is -0.0197. The van der Waals surface area contributed by atoms with Gasteiger partial charge in [-0.3, -0.25) is 14.5 Å². The fourth-order valence-corrected chi connectivity index (χ4v) is 2.95. The van der Waals surface area contributed by atoms with Gasteiger partial charge in [0.25, 0.3) is 11.8 Å². The van der Waals surface area contributed by atoms with Crippen molar-refractivity contribution in [1.82, 2.24) is 5.43 Å². The molecule has 0 fully saturated rings. The van der Waals surface area contributed by atoms with Gasteiger partial charge in [-0.15, -0.1) is 11.3 Å². The van der Waals surface area contributed by atoms with Gasteiger partial charge in [0.2, 0.25) is 0 Å². The minimum Gasteiger partial charge on any atom is -0.482 e. The Kier molecular flexibility index (Phi) is 4.38. The number of benzene rings is 1. The number of nitrogens with one attached hydrogen (secondary N) is 1. The van der Waals surface area contributed by atoms with Crippen LogP contribution in [0.15, 0.2) is 41.5 Å². The van der Waals surface area contributed by atoms with E-state index in [0.29, 0.717) is 11.4 Å². The van der Waals surface area contributed by atoms with Crippen molar-refractivity contribution in [2.45, 2.75) is 6.92 Å². The van der Waals surface area contributed by atoms with E-state index in [4.69, 9.17) is 4.74 Å². The summed E-state index contributed by atoms with van der Waals surface area (Å²) < 4.78 is 5.34. The minimum atomic E-state index is -0.361. The number of thiophene rings is 1. The Morgan fingerprint density at radius 2 is 2.22 bits per heavy atom. The molecule has 7 heteroatoms. The third kappa shape index (κ3) is 3.57. The molecule has 2 amide bonds. The maximum atomic E-state index is 12.0. The molecule has 1 aliphatic heterocycles. The molecule has 0 radical (unpaired) electrons. The van der Waals surface area contributed by atoms with Crippen molar-refractivity contribution < 1.29 is 14.3 Å². The lowest BCUT2D eigenvalue weighted by Crippen LogP contribution is -2.44. The molecule has 0 bridgehead atoms. The highest BCUT2D eigenvalue weighted by Gasteiger charge is 2.26. The number of hydrogen-bond acceptors (Lipinski definition) is 5. The molecule has 0 atom stereocenters. The number of hydrazone groups is 1. The Hall–Kier alpha value is -2.67. The molecule has 1 aromatic heterocycles. The zero-order chi connectivity index (χ0) is 16.2. The maximum absolute atomic E-state index is 12.0. The number of para-hydroxylation sites is 2. The fourth-order valence-electron chi connectivity index (χ4n) is 2.20. The second kappa shape index (κ2) is 6.62. The van der Waals surface area contributed by atoms with E-state index in [9.17, 15) is 9.59 Å². The van der Waals surface area contributed by atoms with Gasteiger partial charge < -0.3 is 4.74 Å². The van der Waals surface area contributed by atoms with Gasteiger partial charge in [0.15, 0.2) is 6.61 Å². The summed E-state index contributed by atoms with van der Waals surface area (Å²) in [5, 5.41) is 3.92. The molecule has 1 aromatic carbocycles. The monoisotopic (exact) mass is 329 g/mol. The first-order chi connectivity index (χ1) is 11.1. The van der Waals surface area contributed by atoms with Crippen LogP contribution in [0.4, 0.5) is 5.69 Å². The van der Waals surface area contributed by atoms with Crippen LogP contribution in [0.5, 0.6) is 5.75 Å². The normalized spacial score (nSPS) is 13.8. The van der Waals surface area contributed by atoms with E-state index in [1.54, 1.807) is 35.8 Å². The third-order valence-corrected chi connectivity index (χ3v) is 4.19. The molecule has 0 saturated heterocycles. The first kappa shape index (κ1) is 15.2. The SMILES string of the molecule is Cc1ccc(/C=N\NC(=O)CN2C(=O)COc3ccccc32)s1. The number of aryl methyl sites for hydroxylation is 1. The van der Waals surface area contributed by atoms with Crippen LogP contribution >= 0.6 is 11.3 Å². The number of anilines is 1. The molecular formula is C16H15N3O3S. The molecule has 6 nitrogen and oxygen atoms in total. The molecule has 118 valence electrons. The number of rotatable bonds is 4. The molecule has 0 aliphatic carbocycles. The van der Waals surface area contributed by atoms with Gasteiger partial charge in [-0.2, -0.15) is 5.10 Å². The van der Waals surface area contributed by atoms with E-state index < -0.39 is 0 Å². The van der Waals surface area contributed by atoms with Gasteiger partial charge in [0, 0.05) is 9.75 Å². The summed E-state index contributed by atoms with van der Waals surface area (Å²) in [6.07, 6.45) is 1.59. The van der Waals surface area contributed by atoms with Crippen molar-refractivity contribution in [3.8, 4) is 5.75 Å². The molecule has 0 spiro atoms. The average Bonchev–Trinajstić information content (AvgIpc) is 2.96. The van der Waals surface area contributed by atoms with Crippen LogP contribution in [0.3, 0.4) is 0 Å². The Bertz CT molecular complexity index is 769. The topological polar surface area (TPSA) is 71.0 Å². The predicted molar refractivity (Wildman–Crippen MR) is 89.1 cm³/mol. The van der Waals surface area contributed by atoms with Crippen LogP contribution in [0.2, 0.25) is 0 Å². The number of fused-ring (bicyclic) bond motifs is 1. The van der Waals surface area contributed by atoms with Gasteiger partial charge >= 0.3 is 0 Å². The van der Waals surface area contributed by atoms with Gasteiger partial charge in [0.05, 0.1) is 11.9 Å². The highest BCUT2D eigenvalue weighted by Crippen LogP contribution is 2.31.